The van der Waals surface area contributed by atoms with Crippen molar-refractivity contribution in [1.82, 2.24) is 10.2 Å². The third-order valence-corrected chi connectivity index (χ3v) is 3.95. The molecule has 1 unspecified atom stereocenters. The molecular formula is C17H21ClFN3O5. The fourth-order valence-electron chi connectivity index (χ4n) is 2.40. The topological polar surface area (TPSA) is 108 Å². The van der Waals surface area contributed by atoms with Crippen LogP contribution in [0.15, 0.2) is 18.2 Å². The summed E-state index contributed by atoms with van der Waals surface area (Å²) in [6.07, 6.45) is -1.68. The van der Waals surface area contributed by atoms with Crippen LogP contribution >= 0.6 is 11.6 Å². The number of aliphatic hydroxyl groups excluding tert-OH is 1. The monoisotopic (exact) mass is 401 g/mol. The molecule has 1 saturated heterocycles. The number of benzene rings is 1. The van der Waals surface area contributed by atoms with Crippen molar-refractivity contribution in [1.29, 1.82) is 0 Å². The van der Waals surface area contributed by atoms with Crippen LogP contribution < -0.4 is 10.6 Å². The zero-order valence-electron chi connectivity index (χ0n) is 15.1. The SMILES string of the molecule is CC(C)(C)OC(=O)N1CC(O)[C@@H](NC(=O)C(=O)Nc2ccc(Cl)c(F)c2)C1. The molecule has 27 heavy (non-hydrogen) atoms. The molecule has 1 aromatic rings. The number of ether oxygens (including phenoxy) is 1. The number of halogens is 2. The van der Waals surface area contributed by atoms with Crippen molar-refractivity contribution < 1.29 is 28.6 Å². The summed E-state index contributed by atoms with van der Waals surface area (Å²) in [5.41, 5.74) is -0.642. The number of nitrogens with zero attached hydrogens (tertiary/aromatic N) is 1. The Morgan fingerprint density at radius 1 is 1.26 bits per heavy atom. The fourth-order valence-corrected chi connectivity index (χ4v) is 2.52. The highest BCUT2D eigenvalue weighted by atomic mass is 35.5. The summed E-state index contributed by atoms with van der Waals surface area (Å²) in [5, 5.41) is 14.5. The van der Waals surface area contributed by atoms with Gasteiger partial charge in [0.05, 0.1) is 23.7 Å². The second kappa shape index (κ2) is 8.10. The number of aliphatic hydroxyl groups is 1. The van der Waals surface area contributed by atoms with E-state index in [1.807, 2.05) is 0 Å². The fraction of sp³-hybridized carbons (Fsp3) is 0.471. The first-order chi connectivity index (χ1) is 12.5. The molecule has 8 nitrogen and oxygen atoms in total. The highest BCUT2D eigenvalue weighted by molar-refractivity contribution is 6.39. The number of nitrogens with one attached hydrogen (secondary N) is 2. The average Bonchev–Trinajstić information content (AvgIpc) is 2.90. The molecular weight excluding hydrogens is 381 g/mol. The van der Waals surface area contributed by atoms with Gasteiger partial charge in [0, 0.05) is 12.2 Å². The summed E-state index contributed by atoms with van der Waals surface area (Å²) in [6, 6.07) is 2.72. The van der Waals surface area contributed by atoms with E-state index >= 15 is 0 Å². The summed E-state index contributed by atoms with van der Waals surface area (Å²) in [7, 11) is 0. The highest BCUT2D eigenvalue weighted by Gasteiger charge is 2.37. The van der Waals surface area contributed by atoms with E-state index in [0.717, 1.165) is 6.07 Å². The van der Waals surface area contributed by atoms with Gasteiger partial charge in [0.1, 0.15) is 11.4 Å². The van der Waals surface area contributed by atoms with Gasteiger partial charge in [-0.05, 0) is 39.0 Å². The van der Waals surface area contributed by atoms with Gasteiger partial charge in [0.15, 0.2) is 0 Å². The lowest BCUT2D eigenvalue weighted by molar-refractivity contribution is -0.136. The number of β-amino-alcohol motifs (C(OH)–C–C–N with tert-alkyl or cyclic N) is 1. The first kappa shape index (κ1) is 20.9. The van der Waals surface area contributed by atoms with Crippen molar-refractivity contribution >= 4 is 35.2 Å². The number of carbonyl (C=O) groups is 3. The molecule has 2 atom stereocenters. The van der Waals surface area contributed by atoms with Crippen molar-refractivity contribution in [3.63, 3.8) is 0 Å². The lowest BCUT2D eigenvalue weighted by Gasteiger charge is -2.24. The summed E-state index contributed by atoms with van der Waals surface area (Å²) >= 11 is 5.55. The minimum atomic E-state index is -1.05. The Hall–Kier alpha value is -2.39. The number of hydrogen-bond acceptors (Lipinski definition) is 5. The molecule has 1 aliphatic rings. The van der Waals surface area contributed by atoms with Crippen molar-refractivity contribution in [3.05, 3.63) is 29.0 Å². The summed E-state index contributed by atoms with van der Waals surface area (Å²) in [6.45, 7) is 5.08. The average molecular weight is 402 g/mol. The molecule has 148 valence electrons. The lowest BCUT2D eigenvalue weighted by Crippen LogP contribution is -2.47. The van der Waals surface area contributed by atoms with Crippen LogP contribution in [0.3, 0.4) is 0 Å². The van der Waals surface area contributed by atoms with Crippen LogP contribution in [0.4, 0.5) is 14.9 Å². The maximum Gasteiger partial charge on any atom is 0.410 e. The zero-order chi connectivity index (χ0) is 20.4. The van der Waals surface area contributed by atoms with Gasteiger partial charge in [-0.15, -0.1) is 0 Å². The number of carbonyl (C=O) groups excluding carboxylic acids is 3. The van der Waals surface area contributed by atoms with Crippen LogP contribution in [0.2, 0.25) is 5.02 Å². The van der Waals surface area contributed by atoms with Gasteiger partial charge in [-0.25, -0.2) is 9.18 Å². The van der Waals surface area contributed by atoms with Gasteiger partial charge < -0.3 is 25.4 Å². The predicted molar refractivity (Wildman–Crippen MR) is 95.8 cm³/mol. The van der Waals surface area contributed by atoms with E-state index in [9.17, 15) is 23.9 Å². The van der Waals surface area contributed by atoms with Crippen molar-refractivity contribution in [2.75, 3.05) is 18.4 Å². The molecule has 0 aliphatic carbocycles. The molecule has 0 bridgehead atoms. The highest BCUT2D eigenvalue weighted by Crippen LogP contribution is 2.19. The minimum Gasteiger partial charge on any atom is -0.444 e. The van der Waals surface area contributed by atoms with Crippen molar-refractivity contribution in [2.24, 2.45) is 0 Å². The molecule has 1 aromatic carbocycles. The molecule has 1 aliphatic heterocycles. The number of amides is 3. The Morgan fingerprint density at radius 3 is 2.52 bits per heavy atom. The molecule has 2 rings (SSSR count). The molecule has 1 fully saturated rings. The number of hydrogen-bond donors (Lipinski definition) is 3. The molecule has 0 saturated carbocycles. The van der Waals surface area contributed by atoms with Gasteiger partial charge in [0.25, 0.3) is 0 Å². The normalized spacial score (nSPS) is 19.6. The standard InChI is InChI=1S/C17H21ClFN3O5/c1-17(2,3)27-16(26)22-7-12(13(23)8-22)21-15(25)14(24)20-9-4-5-10(18)11(19)6-9/h4-6,12-13,23H,7-8H2,1-3H3,(H,20,24)(H,21,25)/t12-,13?/m0/s1. The molecule has 3 amide bonds. The maximum atomic E-state index is 13.4. The smallest absolute Gasteiger partial charge is 0.410 e. The number of anilines is 1. The first-order valence-electron chi connectivity index (χ1n) is 8.19. The second-order valence-electron chi connectivity index (χ2n) is 7.12. The molecule has 10 heteroatoms. The van der Waals surface area contributed by atoms with E-state index in [0.29, 0.717) is 0 Å². The van der Waals surface area contributed by atoms with E-state index in [-0.39, 0.29) is 23.8 Å². The Morgan fingerprint density at radius 2 is 1.93 bits per heavy atom. The second-order valence-corrected chi connectivity index (χ2v) is 7.52. The third kappa shape index (κ3) is 5.80. The van der Waals surface area contributed by atoms with Gasteiger partial charge in [-0.2, -0.15) is 0 Å². The third-order valence-electron chi connectivity index (χ3n) is 3.64. The molecule has 0 aromatic heterocycles. The first-order valence-corrected chi connectivity index (χ1v) is 8.57. The zero-order valence-corrected chi connectivity index (χ0v) is 15.8. The van der Waals surface area contributed by atoms with Crippen molar-refractivity contribution in [3.8, 4) is 0 Å². The van der Waals surface area contributed by atoms with Crippen LogP contribution in [0, 0.1) is 5.82 Å². The van der Waals surface area contributed by atoms with E-state index < -0.39 is 41.5 Å². The summed E-state index contributed by atoms with van der Waals surface area (Å²) < 4.78 is 18.6. The molecule has 0 radical (unpaired) electrons. The van der Waals surface area contributed by atoms with E-state index in [1.165, 1.54) is 17.0 Å². The van der Waals surface area contributed by atoms with E-state index in [2.05, 4.69) is 10.6 Å². The Balaban J connectivity index is 1.91. The maximum absolute atomic E-state index is 13.4. The van der Waals surface area contributed by atoms with Crippen molar-refractivity contribution in [2.45, 2.75) is 38.5 Å². The summed E-state index contributed by atoms with van der Waals surface area (Å²) in [4.78, 5) is 37.2. The number of rotatable bonds is 2. The quantitative estimate of drug-likeness (QED) is 0.651. The van der Waals surface area contributed by atoms with Crippen LogP contribution in [0.5, 0.6) is 0 Å². The van der Waals surface area contributed by atoms with Gasteiger partial charge in [0.2, 0.25) is 0 Å². The van der Waals surface area contributed by atoms with Crippen LogP contribution in [-0.2, 0) is 14.3 Å². The Labute approximate surface area is 160 Å². The molecule has 0 spiro atoms. The predicted octanol–water partition coefficient (Wildman–Crippen LogP) is 1.51. The Bertz CT molecular complexity index is 753. The Kier molecular flexibility index (Phi) is 6.27. The molecule has 1 heterocycles. The van der Waals surface area contributed by atoms with Gasteiger partial charge in [-0.3, -0.25) is 9.59 Å². The summed E-state index contributed by atoms with van der Waals surface area (Å²) in [5.74, 6) is -2.81. The lowest BCUT2D eigenvalue weighted by atomic mass is 10.2. The van der Waals surface area contributed by atoms with Crippen LogP contribution in [-0.4, -0.2) is 58.8 Å². The minimum absolute atomic E-state index is 0.00925. The van der Waals surface area contributed by atoms with Gasteiger partial charge in [-0.1, -0.05) is 11.6 Å². The van der Waals surface area contributed by atoms with E-state index in [1.54, 1.807) is 20.8 Å². The van der Waals surface area contributed by atoms with Crippen LogP contribution in [0.25, 0.3) is 0 Å². The van der Waals surface area contributed by atoms with Gasteiger partial charge >= 0.3 is 17.9 Å². The largest absolute Gasteiger partial charge is 0.444 e. The number of likely N-dealkylation sites (tertiary alicyclic amines) is 1. The van der Waals surface area contributed by atoms with Crippen LogP contribution in [0.1, 0.15) is 20.8 Å². The molecule has 3 N–H and O–H groups in total. The van der Waals surface area contributed by atoms with E-state index in [4.69, 9.17) is 16.3 Å².